The van der Waals surface area contributed by atoms with Gasteiger partial charge in [0.25, 0.3) is 0 Å². The zero-order valence-electron chi connectivity index (χ0n) is 12.9. The Kier molecular flexibility index (Phi) is 7.91. The summed E-state index contributed by atoms with van der Waals surface area (Å²) in [5.41, 5.74) is -0.0360. The van der Waals surface area contributed by atoms with E-state index in [9.17, 15) is 0 Å². The normalized spacial score (nSPS) is 23.4. The highest BCUT2D eigenvalue weighted by Crippen LogP contribution is 2.29. The Labute approximate surface area is 117 Å². The zero-order valence-corrected chi connectivity index (χ0v) is 12.9. The van der Waals surface area contributed by atoms with Gasteiger partial charge in [-0.05, 0) is 46.5 Å². The van der Waals surface area contributed by atoms with Crippen LogP contribution in [-0.2, 0) is 18.9 Å². The molecular weight excluding hydrogens is 244 g/mol. The minimum Gasteiger partial charge on any atom is -0.385 e. The lowest BCUT2D eigenvalue weighted by molar-refractivity contribution is -0.149. The molecule has 0 aliphatic heterocycles. The van der Waals surface area contributed by atoms with Gasteiger partial charge in [-0.2, -0.15) is 0 Å². The molecule has 1 aliphatic carbocycles. The van der Waals surface area contributed by atoms with Crippen molar-refractivity contribution >= 4 is 0 Å². The predicted octanol–water partition coefficient (Wildman–Crippen LogP) is 2.79. The molecular formula is C15H30O4. The van der Waals surface area contributed by atoms with Crippen LogP contribution >= 0.6 is 0 Å². The number of ether oxygens (including phenoxy) is 4. The van der Waals surface area contributed by atoms with E-state index in [1.807, 2.05) is 0 Å². The minimum atomic E-state index is -0.0360. The lowest BCUT2D eigenvalue weighted by Gasteiger charge is -2.39. The predicted molar refractivity (Wildman–Crippen MR) is 75.5 cm³/mol. The van der Waals surface area contributed by atoms with Gasteiger partial charge in [-0.15, -0.1) is 0 Å². The SMILES string of the molecule is COCCCOCCCOC1CC(OC(C)(C)C)C1. The Bertz CT molecular complexity index is 219. The van der Waals surface area contributed by atoms with Crippen LogP contribution in [-0.4, -0.2) is 51.3 Å². The lowest BCUT2D eigenvalue weighted by atomic mass is 9.91. The monoisotopic (exact) mass is 274 g/mol. The minimum absolute atomic E-state index is 0.0360. The molecule has 0 unspecified atom stereocenters. The van der Waals surface area contributed by atoms with Gasteiger partial charge in [0.15, 0.2) is 0 Å². The third-order valence-electron chi connectivity index (χ3n) is 3.00. The van der Waals surface area contributed by atoms with Gasteiger partial charge in [0.05, 0.1) is 17.8 Å². The largest absolute Gasteiger partial charge is 0.385 e. The summed E-state index contributed by atoms with van der Waals surface area (Å²) in [6, 6.07) is 0. The second kappa shape index (κ2) is 8.90. The molecule has 0 heterocycles. The molecule has 0 radical (unpaired) electrons. The molecule has 1 fully saturated rings. The average molecular weight is 274 g/mol. The fraction of sp³-hybridized carbons (Fsp3) is 1.00. The van der Waals surface area contributed by atoms with E-state index in [-0.39, 0.29) is 5.60 Å². The van der Waals surface area contributed by atoms with Gasteiger partial charge in [-0.3, -0.25) is 0 Å². The Morgan fingerprint density at radius 1 is 0.895 bits per heavy atom. The fourth-order valence-corrected chi connectivity index (χ4v) is 2.07. The molecule has 4 nitrogen and oxygen atoms in total. The van der Waals surface area contributed by atoms with Gasteiger partial charge in [0.2, 0.25) is 0 Å². The third-order valence-corrected chi connectivity index (χ3v) is 3.00. The summed E-state index contributed by atoms with van der Waals surface area (Å²) >= 11 is 0. The molecule has 0 atom stereocenters. The van der Waals surface area contributed by atoms with Gasteiger partial charge in [-0.25, -0.2) is 0 Å². The Morgan fingerprint density at radius 3 is 2.11 bits per heavy atom. The van der Waals surface area contributed by atoms with Crippen LogP contribution in [0.1, 0.15) is 46.5 Å². The quantitative estimate of drug-likeness (QED) is 0.574. The van der Waals surface area contributed by atoms with Crippen molar-refractivity contribution < 1.29 is 18.9 Å². The first-order chi connectivity index (χ1) is 9.01. The van der Waals surface area contributed by atoms with Gasteiger partial charge in [0, 0.05) is 33.5 Å². The molecule has 4 heteroatoms. The van der Waals surface area contributed by atoms with Crippen LogP contribution < -0.4 is 0 Å². The highest BCUT2D eigenvalue weighted by Gasteiger charge is 2.33. The van der Waals surface area contributed by atoms with Gasteiger partial charge in [-0.1, -0.05) is 0 Å². The summed E-state index contributed by atoms with van der Waals surface area (Å²) in [4.78, 5) is 0. The molecule has 114 valence electrons. The summed E-state index contributed by atoms with van der Waals surface area (Å²) in [5.74, 6) is 0. The van der Waals surface area contributed by atoms with E-state index >= 15 is 0 Å². The van der Waals surface area contributed by atoms with E-state index in [0.717, 1.165) is 52.1 Å². The van der Waals surface area contributed by atoms with Crippen molar-refractivity contribution in [3.8, 4) is 0 Å². The van der Waals surface area contributed by atoms with Gasteiger partial charge in [0.1, 0.15) is 0 Å². The van der Waals surface area contributed by atoms with Crippen molar-refractivity contribution in [3.63, 3.8) is 0 Å². The van der Waals surface area contributed by atoms with Crippen molar-refractivity contribution in [2.24, 2.45) is 0 Å². The van der Waals surface area contributed by atoms with Crippen LogP contribution in [0.3, 0.4) is 0 Å². The van der Waals surface area contributed by atoms with Crippen LogP contribution in [0, 0.1) is 0 Å². The van der Waals surface area contributed by atoms with Crippen molar-refractivity contribution in [2.75, 3.05) is 33.5 Å². The Balaban J connectivity index is 1.83. The number of hydrogen-bond acceptors (Lipinski definition) is 4. The maximum absolute atomic E-state index is 5.87. The van der Waals surface area contributed by atoms with E-state index in [1.54, 1.807) is 7.11 Å². The second-order valence-corrected chi connectivity index (χ2v) is 6.13. The molecule has 0 amide bonds. The first-order valence-corrected chi connectivity index (χ1v) is 7.37. The summed E-state index contributed by atoms with van der Waals surface area (Å²) in [7, 11) is 1.71. The fourth-order valence-electron chi connectivity index (χ4n) is 2.07. The maximum atomic E-state index is 5.87. The molecule has 1 saturated carbocycles. The molecule has 0 aromatic rings. The van der Waals surface area contributed by atoms with Gasteiger partial charge < -0.3 is 18.9 Å². The van der Waals surface area contributed by atoms with Crippen molar-refractivity contribution in [1.82, 2.24) is 0 Å². The number of rotatable bonds is 10. The van der Waals surface area contributed by atoms with E-state index in [4.69, 9.17) is 18.9 Å². The van der Waals surface area contributed by atoms with Gasteiger partial charge >= 0.3 is 0 Å². The average Bonchev–Trinajstić information content (AvgIpc) is 2.27. The molecule has 0 bridgehead atoms. The van der Waals surface area contributed by atoms with E-state index < -0.39 is 0 Å². The molecule has 0 aromatic heterocycles. The topological polar surface area (TPSA) is 36.9 Å². The summed E-state index contributed by atoms with van der Waals surface area (Å²) in [6.07, 6.45) is 4.77. The van der Waals surface area contributed by atoms with Crippen molar-refractivity contribution in [1.29, 1.82) is 0 Å². The molecule has 0 N–H and O–H groups in total. The van der Waals surface area contributed by atoms with Crippen LogP contribution in [0.4, 0.5) is 0 Å². The lowest BCUT2D eigenvalue weighted by Crippen LogP contribution is -2.41. The van der Waals surface area contributed by atoms with Crippen LogP contribution in [0.15, 0.2) is 0 Å². The third kappa shape index (κ3) is 8.58. The van der Waals surface area contributed by atoms with Crippen LogP contribution in [0.2, 0.25) is 0 Å². The Hall–Kier alpha value is -0.160. The van der Waals surface area contributed by atoms with Crippen molar-refractivity contribution in [3.05, 3.63) is 0 Å². The van der Waals surface area contributed by atoms with E-state index in [0.29, 0.717) is 12.2 Å². The molecule has 1 rings (SSSR count). The number of methoxy groups -OCH3 is 1. The number of hydrogen-bond donors (Lipinski definition) is 0. The van der Waals surface area contributed by atoms with Crippen LogP contribution in [0.5, 0.6) is 0 Å². The Morgan fingerprint density at radius 2 is 1.53 bits per heavy atom. The first kappa shape index (κ1) is 16.9. The highest BCUT2D eigenvalue weighted by atomic mass is 16.5. The van der Waals surface area contributed by atoms with E-state index in [2.05, 4.69) is 20.8 Å². The van der Waals surface area contributed by atoms with Crippen molar-refractivity contribution in [2.45, 2.75) is 64.3 Å². The first-order valence-electron chi connectivity index (χ1n) is 7.37. The molecule has 0 spiro atoms. The summed E-state index contributed by atoms with van der Waals surface area (Å²) < 4.78 is 22.1. The smallest absolute Gasteiger partial charge is 0.0631 e. The standard InChI is InChI=1S/C15H30O4/c1-15(2,3)19-14-11-13(12-14)18-10-6-9-17-8-5-7-16-4/h13-14H,5-12H2,1-4H3. The second-order valence-electron chi connectivity index (χ2n) is 6.13. The van der Waals surface area contributed by atoms with Crippen LogP contribution in [0.25, 0.3) is 0 Å². The maximum Gasteiger partial charge on any atom is 0.0631 e. The zero-order chi connectivity index (χ0) is 14.1. The highest BCUT2D eigenvalue weighted by molar-refractivity contribution is 4.83. The molecule has 0 aromatic carbocycles. The molecule has 19 heavy (non-hydrogen) atoms. The molecule has 1 aliphatic rings. The summed E-state index contributed by atoms with van der Waals surface area (Å²) in [5, 5.41) is 0. The summed E-state index contributed by atoms with van der Waals surface area (Å²) in [6.45, 7) is 9.41. The van der Waals surface area contributed by atoms with E-state index in [1.165, 1.54) is 0 Å². The molecule has 0 saturated heterocycles.